The van der Waals surface area contributed by atoms with Crippen molar-refractivity contribution >= 4 is 28.0 Å². The van der Waals surface area contributed by atoms with Gasteiger partial charge in [-0.3, -0.25) is 4.79 Å². The number of fused-ring (bicyclic) bond motifs is 2. The van der Waals surface area contributed by atoms with E-state index in [0.717, 1.165) is 115 Å². The van der Waals surface area contributed by atoms with Gasteiger partial charge in [0.25, 0.3) is 0 Å². The molecule has 1 aromatic carbocycles. The van der Waals surface area contributed by atoms with Crippen molar-refractivity contribution in [3.63, 3.8) is 0 Å². The van der Waals surface area contributed by atoms with Crippen LogP contribution >= 0.6 is 0 Å². The Morgan fingerprint density at radius 3 is 2.50 bits per heavy atom. The number of likely N-dealkylation sites (tertiary alicyclic amines) is 2. The molecule has 4 aromatic rings. The predicted molar refractivity (Wildman–Crippen MR) is 191 cm³/mol. The van der Waals surface area contributed by atoms with Crippen LogP contribution in [0.15, 0.2) is 43.1 Å². The van der Waals surface area contributed by atoms with Crippen molar-refractivity contribution < 1.29 is 9.18 Å². The maximum absolute atomic E-state index is 15.4. The summed E-state index contributed by atoms with van der Waals surface area (Å²) in [5.74, 6) is 1.25. The molecule has 8 rings (SSSR count). The molecule has 3 aromatic heterocycles. The summed E-state index contributed by atoms with van der Waals surface area (Å²) in [7, 11) is 2.04. The lowest BCUT2D eigenvalue weighted by Crippen LogP contribution is -2.43. The fourth-order valence-electron chi connectivity index (χ4n) is 8.91. The molecule has 5 heterocycles. The molecule has 4 fully saturated rings. The molecule has 1 atom stereocenters. The minimum atomic E-state index is -0.179. The maximum atomic E-state index is 15.4. The van der Waals surface area contributed by atoms with E-state index < -0.39 is 0 Å². The van der Waals surface area contributed by atoms with Gasteiger partial charge in [-0.2, -0.15) is 5.10 Å². The number of aryl methyl sites for hydroxylation is 1. The number of nitrogens with one attached hydrogen (secondary N) is 1. The SMILES string of the molecule is C=C(c1ccc2c(C)c(-c3cc4cc(F)cc(C5CCN(C(=O)C6CCCCC6)CC5)c4n3CC3CC3)nn2c1)N1CCCC(NC)C1. The van der Waals surface area contributed by atoms with Crippen LogP contribution in [0, 0.1) is 24.6 Å². The fraction of sp³-hybridized carbons (Fsp3) is 0.550. The highest BCUT2D eigenvalue weighted by atomic mass is 19.1. The summed E-state index contributed by atoms with van der Waals surface area (Å²) in [6, 6.07) is 10.5. The average molecular weight is 651 g/mol. The van der Waals surface area contributed by atoms with Gasteiger partial charge < -0.3 is 19.7 Å². The third-order valence-corrected chi connectivity index (χ3v) is 12.0. The van der Waals surface area contributed by atoms with E-state index in [1.807, 2.05) is 11.6 Å². The minimum absolute atomic E-state index is 0.179. The van der Waals surface area contributed by atoms with E-state index in [1.165, 1.54) is 38.5 Å². The van der Waals surface area contributed by atoms with Gasteiger partial charge in [0.05, 0.1) is 16.7 Å². The van der Waals surface area contributed by atoms with Crippen LogP contribution in [-0.4, -0.2) is 69.2 Å². The quantitative estimate of drug-likeness (QED) is 0.212. The summed E-state index contributed by atoms with van der Waals surface area (Å²) in [5, 5.41) is 9.60. The highest BCUT2D eigenvalue weighted by Gasteiger charge is 2.32. The van der Waals surface area contributed by atoms with Gasteiger partial charge in [0, 0.05) is 73.1 Å². The van der Waals surface area contributed by atoms with E-state index in [-0.39, 0.29) is 17.7 Å². The van der Waals surface area contributed by atoms with Crippen molar-refractivity contribution in [3.05, 3.63) is 65.6 Å². The normalized spacial score (nSPS) is 21.4. The zero-order valence-corrected chi connectivity index (χ0v) is 28.8. The second-order valence-electron chi connectivity index (χ2n) is 15.2. The van der Waals surface area contributed by atoms with Crippen molar-refractivity contribution in [3.8, 4) is 11.4 Å². The number of hydrogen-bond acceptors (Lipinski definition) is 4. The highest BCUT2D eigenvalue weighted by molar-refractivity contribution is 5.91. The number of carbonyl (C=O) groups is 1. The number of likely N-dealkylation sites (N-methyl/N-ethyl adjacent to an activating group) is 1. The molecule has 7 nitrogen and oxygen atoms in total. The molecule has 8 heteroatoms. The summed E-state index contributed by atoms with van der Waals surface area (Å²) >= 11 is 0. The first kappa shape index (κ1) is 31.6. The Bertz CT molecular complexity index is 1840. The Labute approximate surface area is 284 Å². The molecule has 0 radical (unpaired) electrons. The molecular weight excluding hydrogens is 599 g/mol. The van der Waals surface area contributed by atoms with E-state index in [9.17, 15) is 4.79 Å². The van der Waals surface area contributed by atoms with Gasteiger partial charge in [-0.05, 0) is 113 Å². The number of carbonyl (C=O) groups excluding carboxylic acids is 1. The molecule has 1 N–H and O–H groups in total. The smallest absolute Gasteiger partial charge is 0.225 e. The van der Waals surface area contributed by atoms with Gasteiger partial charge in [0.1, 0.15) is 11.5 Å². The molecule has 254 valence electrons. The van der Waals surface area contributed by atoms with E-state index in [1.54, 1.807) is 12.1 Å². The van der Waals surface area contributed by atoms with Crippen LogP contribution < -0.4 is 5.32 Å². The Balaban J connectivity index is 1.12. The van der Waals surface area contributed by atoms with Crippen molar-refractivity contribution in [1.29, 1.82) is 0 Å². The van der Waals surface area contributed by atoms with Crippen LogP contribution in [-0.2, 0) is 11.3 Å². The van der Waals surface area contributed by atoms with Crippen molar-refractivity contribution in [1.82, 2.24) is 29.3 Å². The van der Waals surface area contributed by atoms with Crippen LogP contribution in [0.3, 0.4) is 0 Å². The first-order chi connectivity index (χ1) is 23.4. The summed E-state index contributed by atoms with van der Waals surface area (Å²) in [6.07, 6.45) is 14.4. The number of hydrogen-bond donors (Lipinski definition) is 1. The summed E-state index contributed by atoms with van der Waals surface area (Å²) in [5.41, 5.74) is 8.64. The maximum Gasteiger partial charge on any atom is 0.225 e. The van der Waals surface area contributed by atoms with Gasteiger partial charge in [0.2, 0.25) is 5.91 Å². The van der Waals surface area contributed by atoms with Gasteiger partial charge in [-0.1, -0.05) is 25.8 Å². The van der Waals surface area contributed by atoms with E-state index in [2.05, 4.69) is 57.6 Å². The molecular formula is C40H51FN6O. The van der Waals surface area contributed by atoms with E-state index >= 15 is 4.39 Å². The predicted octanol–water partition coefficient (Wildman–Crippen LogP) is 7.75. The number of nitrogens with zero attached hydrogens (tertiary/aromatic N) is 5. The van der Waals surface area contributed by atoms with Gasteiger partial charge in [-0.25, -0.2) is 8.91 Å². The molecule has 48 heavy (non-hydrogen) atoms. The molecule has 2 aliphatic heterocycles. The van der Waals surface area contributed by atoms with Crippen molar-refractivity contribution in [2.24, 2.45) is 11.8 Å². The Hall–Kier alpha value is -3.65. The summed E-state index contributed by atoms with van der Waals surface area (Å²) in [4.78, 5) is 17.8. The molecule has 0 bridgehead atoms. The third-order valence-electron chi connectivity index (χ3n) is 12.0. The highest BCUT2D eigenvalue weighted by Crippen LogP contribution is 2.42. The molecule has 1 amide bonds. The van der Waals surface area contributed by atoms with Gasteiger partial charge >= 0.3 is 0 Å². The standard InChI is InChI=1S/C40H51FN6O/c1-26-36-14-13-31(27(2)45-17-7-10-34(25-45)42-3)24-47(36)43-38(26)37-21-32-20-33(41)22-35(39(32)46(37)23-28-11-12-28)29-15-18-44(19-16-29)40(48)30-8-5-4-6-9-30/h13-14,20-22,24,28-30,34,42H,2,4-12,15-19,23,25H2,1,3H3. The lowest BCUT2D eigenvalue weighted by Gasteiger charge is -2.35. The Morgan fingerprint density at radius 1 is 0.958 bits per heavy atom. The minimum Gasteiger partial charge on any atom is -0.370 e. The number of pyridine rings is 1. The molecule has 4 aliphatic rings. The Morgan fingerprint density at radius 2 is 1.75 bits per heavy atom. The monoisotopic (exact) mass is 650 g/mol. The molecule has 1 unspecified atom stereocenters. The van der Waals surface area contributed by atoms with E-state index in [0.29, 0.717) is 17.9 Å². The lowest BCUT2D eigenvalue weighted by atomic mass is 9.85. The second kappa shape index (κ2) is 13.0. The number of aromatic nitrogens is 3. The van der Waals surface area contributed by atoms with Crippen LogP contribution in [0.5, 0.6) is 0 Å². The fourth-order valence-corrected chi connectivity index (χ4v) is 8.91. The molecule has 0 spiro atoms. The number of piperidine rings is 2. The van der Waals surface area contributed by atoms with Gasteiger partial charge in [0.15, 0.2) is 0 Å². The topological polar surface area (TPSA) is 57.8 Å². The average Bonchev–Trinajstić information content (AvgIpc) is 3.80. The van der Waals surface area contributed by atoms with Crippen molar-refractivity contribution in [2.45, 2.75) is 96.1 Å². The van der Waals surface area contributed by atoms with Crippen LogP contribution in [0.25, 0.3) is 33.5 Å². The second-order valence-corrected chi connectivity index (χ2v) is 15.2. The number of amides is 1. The molecule has 2 saturated heterocycles. The summed E-state index contributed by atoms with van der Waals surface area (Å²) in [6.45, 7) is 11.1. The Kier molecular flexibility index (Phi) is 8.56. The zero-order valence-electron chi connectivity index (χ0n) is 28.8. The van der Waals surface area contributed by atoms with Crippen LogP contribution in [0.1, 0.15) is 93.2 Å². The number of halogens is 1. The number of rotatable bonds is 8. The lowest BCUT2D eigenvalue weighted by molar-refractivity contribution is -0.137. The van der Waals surface area contributed by atoms with Crippen LogP contribution in [0.2, 0.25) is 0 Å². The van der Waals surface area contributed by atoms with E-state index in [4.69, 9.17) is 5.10 Å². The zero-order chi connectivity index (χ0) is 32.9. The van der Waals surface area contributed by atoms with Crippen LogP contribution in [0.4, 0.5) is 4.39 Å². The first-order valence-corrected chi connectivity index (χ1v) is 18.6. The third kappa shape index (κ3) is 5.95. The first-order valence-electron chi connectivity index (χ1n) is 18.6. The number of benzene rings is 1. The van der Waals surface area contributed by atoms with Crippen molar-refractivity contribution in [2.75, 3.05) is 33.2 Å². The largest absolute Gasteiger partial charge is 0.370 e. The van der Waals surface area contributed by atoms with Gasteiger partial charge in [-0.15, -0.1) is 0 Å². The molecule has 2 aliphatic carbocycles. The summed E-state index contributed by atoms with van der Waals surface area (Å²) < 4.78 is 19.9. The molecule has 2 saturated carbocycles.